The molecule has 2 heterocycles. The standard InChI is InChI=1S/C16H22N2O2S/c1-10-2-3-12-13(9-21-14(12)8-10)16(20)18-6-4-11(5-7-18)15(17)19/h9-11H,2-8H2,1H3,(H2,17,19)/t10-/m1/s1. The van der Waals surface area contributed by atoms with Crippen molar-refractivity contribution in [3.8, 4) is 0 Å². The van der Waals surface area contributed by atoms with E-state index < -0.39 is 0 Å². The zero-order valence-corrected chi connectivity index (χ0v) is 13.2. The van der Waals surface area contributed by atoms with E-state index in [1.165, 1.54) is 16.9 Å². The van der Waals surface area contributed by atoms with Gasteiger partial charge in [-0.3, -0.25) is 9.59 Å². The highest BCUT2D eigenvalue weighted by Crippen LogP contribution is 2.33. The SMILES string of the molecule is C[C@@H]1CCc2c(C(=O)N3CCC(C(N)=O)CC3)csc2C1. The van der Waals surface area contributed by atoms with Gasteiger partial charge in [-0.15, -0.1) is 11.3 Å². The first-order valence-corrected chi connectivity index (χ1v) is 8.62. The molecular weight excluding hydrogens is 284 g/mol. The molecule has 2 amide bonds. The maximum absolute atomic E-state index is 12.7. The summed E-state index contributed by atoms with van der Waals surface area (Å²) in [6, 6.07) is 0. The van der Waals surface area contributed by atoms with Gasteiger partial charge in [-0.05, 0) is 43.6 Å². The highest BCUT2D eigenvalue weighted by Gasteiger charge is 2.29. The quantitative estimate of drug-likeness (QED) is 0.910. The predicted molar refractivity (Wildman–Crippen MR) is 83.3 cm³/mol. The molecule has 4 nitrogen and oxygen atoms in total. The molecule has 21 heavy (non-hydrogen) atoms. The Bertz CT molecular complexity index is 559. The van der Waals surface area contributed by atoms with Gasteiger partial charge in [0.15, 0.2) is 0 Å². The molecule has 0 saturated carbocycles. The predicted octanol–water partition coefficient (Wildman–Crippen LogP) is 2.21. The maximum atomic E-state index is 12.7. The van der Waals surface area contributed by atoms with Gasteiger partial charge in [-0.25, -0.2) is 0 Å². The number of piperidine rings is 1. The first-order valence-electron chi connectivity index (χ1n) is 7.74. The third-order valence-corrected chi connectivity index (χ3v) is 5.87. The molecule has 0 radical (unpaired) electrons. The van der Waals surface area contributed by atoms with Gasteiger partial charge < -0.3 is 10.6 Å². The zero-order valence-electron chi connectivity index (χ0n) is 12.4. The van der Waals surface area contributed by atoms with Crippen LogP contribution in [0.25, 0.3) is 0 Å². The lowest BCUT2D eigenvalue weighted by molar-refractivity contribution is -0.123. The Morgan fingerprint density at radius 1 is 1.29 bits per heavy atom. The summed E-state index contributed by atoms with van der Waals surface area (Å²) in [5.74, 6) is 0.575. The van der Waals surface area contributed by atoms with Gasteiger partial charge in [0, 0.05) is 29.3 Å². The van der Waals surface area contributed by atoms with Crippen LogP contribution in [-0.2, 0) is 17.6 Å². The number of nitrogens with zero attached hydrogens (tertiary/aromatic N) is 1. The average Bonchev–Trinajstić information content (AvgIpc) is 2.89. The number of carbonyl (C=O) groups is 2. The van der Waals surface area contributed by atoms with E-state index in [0.29, 0.717) is 25.9 Å². The summed E-state index contributed by atoms with van der Waals surface area (Å²) >= 11 is 1.73. The van der Waals surface area contributed by atoms with Gasteiger partial charge >= 0.3 is 0 Å². The van der Waals surface area contributed by atoms with Gasteiger partial charge in [0.05, 0.1) is 5.56 Å². The lowest BCUT2D eigenvalue weighted by atomic mass is 9.88. The number of amides is 2. The second kappa shape index (κ2) is 5.79. The fourth-order valence-electron chi connectivity index (χ4n) is 3.39. The Labute approximate surface area is 129 Å². The molecule has 1 fully saturated rings. The van der Waals surface area contributed by atoms with E-state index in [2.05, 4.69) is 6.92 Å². The molecule has 1 saturated heterocycles. The number of likely N-dealkylation sites (tertiary alicyclic amines) is 1. The molecule has 1 aliphatic heterocycles. The summed E-state index contributed by atoms with van der Waals surface area (Å²) in [6.45, 7) is 3.57. The van der Waals surface area contributed by atoms with Gasteiger partial charge in [0.25, 0.3) is 5.91 Å². The maximum Gasteiger partial charge on any atom is 0.254 e. The minimum atomic E-state index is -0.232. The number of hydrogen-bond donors (Lipinski definition) is 1. The molecule has 0 unspecified atom stereocenters. The number of hydrogen-bond acceptors (Lipinski definition) is 3. The molecular formula is C16H22N2O2S. The lowest BCUT2D eigenvalue weighted by Gasteiger charge is -2.31. The molecule has 1 aromatic rings. The van der Waals surface area contributed by atoms with Crippen molar-refractivity contribution in [1.29, 1.82) is 0 Å². The van der Waals surface area contributed by atoms with E-state index in [4.69, 9.17) is 5.73 Å². The van der Waals surface area contributed by atoms with E-state index in [1.54, 1.807) is 11.3 Å². The zero-order chi connectivity index (χ0) is 15.0. The van der Waals surface area contributed by atoms with Gasteiger partial charge in [-0.2, -0.15) is 0 Å². The Morgan fingerprint density at radius 2 is 2.00 bits per heavy atom. The van der Waals surface area contributed by atoms with E-state index in [1.807, 2.05) is 10.3 Å². The largest absolute Gasteiger partial charge is 0.369 e. The number of thiophene rings is 1. The van der Waals surface area contributed by atoms with Crippen molar-refractivity contribution < 1.29 is 9.59 Å². The van der Waals surface area contributed by atoms with E-state index in [-0.39, 0.29) is 17.7 Å². The summed E-state index contributed by atoms with van der Waals surface area (Å²) in [5.41, 5.74) is 7.53. The summed E-state index contributed by atoms with van der Waals surface area (Å²) < 4.78 is 0. The molecule has 0 bridgehead atoms. The monoisotopic (exact) mass is 306 g/mol. The molecule has 0 aromatic carbocycles. The first kappa shape index (κ1) is 14.6. The number of primary amides is 1. The molecule has 0 spiro atoms. The van der Waals surface area contributed by atoms with Crippen molar-refractivity contribution >= 4 is 23.2 Å². The van der Waals surface area contributed by atoms with Gasteiger partial charge in [0.1, 0.15) is 0 Å². The highest BCUT2D eigenvalue weighted by molar-refractivity contribution is 7.10. The van der Waals surface area contributed by atoms with Crippen LogP contribution in [0.5, 0.6) is 0 Å². The minimum absolute atomic E-state index is 0.0636. The summed E-state index contributed by atoms with van der Waals surface area (Å²) in [6.07, 6.45) is 4.71. The Morgan fingerprint density at radius 3 is 2.67 bits per heavy atom. The van der Waals surface area contributed by atoms with Crippen LogP contribution in [0.3, 0.4) is 0 Å². The van der Waals surface area contributed by atoms with Crippen LogP contribution in [0.1, 0.15) is 47.0 Å². The summed E-state index contributed by atoms with van der Waals surface area (Å²) in [4.78, 5) is 27.2. The smallest absolute Gasteiger partial charge is 0.254 e. The number of fused-ring (bicyclic) bond motifs is 1. The number of rotatable bonds is 2. The third-order valence-electron chi connectivity index (χ3n) is 4.82. The molecule has 1 aliphatic carbocycles. The third kappa shape index (κ3) is 2.84. The molecule has 2 N–H and O–H groups in total. The Hall–Kier alpha value is -1.36. The molecule has 5 heteroatoms. The van der Waals surface area contributed by atoms with Crippen LogP contribution >= 0.6 is 11.3 Å². The van der Waals surface area contributed by atoms with Crippen LogP contribution in [0.4, 0.5) is 0 Å². The highest BCUT2D eigenvalue weighted by atomic mass is 32.1. The fraction of sp³-hybridized carbons (Fsp3) is 0.625. The van der Waals surface area contributed by atoms with Crippen LogP contribution < -0.4 is 5.73 Å². The second-order valence-corrected chi connectivity index (χ2v) is 7.33. The van der Waals surface area contributed by atoms with Gasteiger partial charge in [0.2, 0.25) is 5.91 Å². The summed E-state index contributed by atoms with van der Waals surface area (Å²) in [5, 5.41) is 2.03. The molecule has 3 rings (SSSR count). The Balaban J connectivity index is 1.71. The van der Waals surface area contributed by atoms with Gasteiger partial charge in [-0.1, -0.05) is 6.92 Å². The minimum Gasteiger partial charge on any atom is -0.369 e. The second-order valence-electron chi connectivity index (χ2n) is 6.37. The first-order chi connectivity index (χ1) is 10.1. The van der Waals surface area contributed by atoms with Crippen molar-refractivity contribution in [1.82, 2.24) is 4.90 Å². The number of carbonyl (C=O) groups excluding carboxylic acids is 2. The van der Waals surface area contributed by atoms with Crippen LogP contribution in [-0.4, -0.2) is 29.8 Å². The van der Waals surface area contributed by atoms with Crippen LogP contribution in [0, 0.1) is 11.8 Å². The topological polar surface area (TPSA) is 63.4 Å². The van der Waals surface area contributed by atoms with E-state index >= 15 is 0 Å². The normalized spacial score (nSPS) is 22.9. The van der Waals surface area contributed by atoms with Crippen molar-refractivity contribution in [3.63, 3.8) is 0 Å². The molecule has 2 aliphatic rings. The lowest BCUT2D eigenvalue weighted by Crippen LogP contribution is -2.41. The molecule has 1 aromatic heterocycles. The van der Waals surface area contributed by atoms with Crippen LogP contribution in [0.15, 0.2) is 5.38 Å². The van der Waals surface area contributed by atoms with Crippen molar-refractivity contribution in [3.05, 3.63) is 21.4 Å². The average molecular weight is 306 g/mol. The molecule has 114 valence electrons. The fourth-order valence-corrected chi connectivity index (χ4v) is 4.63. The summed E-state index contributed by atoms with van der Waals surface area (Å²) in [7, 11) is 0. The van der Waals surface area contributed by atoms with Crippen molar-refractivity contribution in [2.45, 2.75) is 39.0 Å². The molecule has 1 atom stereocenters. The van der Waals surface area contributed by atoms with E-state index in [9.17, 15) is 9.59 Å². The van der Waals surface area contributed by atoms with E-state index in [0.717, 1.165) is 24.3 Å². The van der Waals surface area contributed by atoms with Crippen LogP contribution in [0.2, 0.25) is 0 Å². The number of nitrogens with two attached hydrogens (primary N) is 1. The van der Waals surface area contributed by atoms with Crippen molar-refractivity contribution in [2.24, 2.45) is 17.6 Å². The Kier molecular flexibility index (Phi) is 4.02. The van der Waals surface area contributed by atoms with Crippen molar-refractivity contribution in [2.75, 3.05) is 13.1 Å².